The zero-order valence-electron chi connectivity index (χ0n) is 18.6. The van der Waals surface area contributed by atoms with Gasteiger partial charge in [0.2, 0.25) is 5.43 Å². The van der Waals surface area contributed by atoms with Crippen molar-refractivity contribution in [1.82, 2.24) is 4.98 Å². The Bertz CT molecular complexity index is 1370. The fraction of sp³-hybridized carbons (Fsp3) is 0.200. The Kier molecular flexibility index (Phi) is 7.27. The van der Waals surface area contributed by atoms with Crippen LogP contribution in [0.5, 0.6) is 0 Å². The number of morpholine rings is 1. The average molecular weight is 477 g/mol. The van der Waals surface area contributed by atoms with Crippen molar-refractivity contribution in [2.24, 2.45) is 5.73 Å². The summed E-state index contributed by atoms with van der Waals surface area (Å²) < 4.78 is 12.1. The molecule has 1 fully saturated rings. The van der Waals surface area contributed by atoms with E-state index in [1.807, 2.05) is 10.3 Å². The number of carbonyl (C=O) groups is 1. The number of fused-ring (bicyclic) bond motifs is 1. The lowest BCUT2D eigenvalue weighted by molar-refractivity contribution is 0.112. The van der Waals surface area contributed by atoms with Crippen LogP contribution >= 0.6 is 11.3 Å². The van der Waals surface area contributed by atoms with E-state index in [1.165, 1.54) is 24.5 Å². The minimum absolute atomic E-state index is 0.0761. The number of anilines is 1. The van der Waals surface area contributed by atoms with Crippen molar-refractivity contribution in [3.8, 4) is 11.3 Å². The molecule has 0 bridgehead atoms. The first-order chi connectivity index (χ1) is 16.7. The predicted molar refractivity (Wildman–Crippen MR) is 134 cm³/mol. The zero-order valence-corrected chi connectivity index (χ0v) is 19.4. The van der Waals surface area contributed by atoms with Gasteiger partial charge in [0.15, 0.2) is 17.8 Å². The van der Waals surface area contributed by atoms with Crippen molar-refractivity contribution in [1.29, 1.82) is 5.41 Å². The van der Waals surface area contributed by atoms with E-state index in [0.717, 1.165) is 11.8 Å². The molecule has 0 atom stereocenters. The van der Waals surface area contributed by atoms with Crippen LogP contribution in [0.25, 0.3) is 21.5 Å². The van der Waals surface area contributed by atoms with Crippen LogP contribution in [0, 0.1) is 5.41 Å². The Balaban J connectivity index is 0.00000133. The summed E-state index contributed by atoms with van der Waals surface area (Å²) in [5.74, 6) is 0.536. The number of nitrogens with two attached hydrogens (primary N) is 1. The van der Waals surface area contributed by atoms with Gasteiger partial charge in [-0.05, 0) is 19.2 Å². The van der Waals surface area contributed by atoms with Gasteiger partial charge in [-0.2, -0.15) is 0 Å². The van der Waals surface area contributed by atoms with Crippen molar-refractivity contribution in [3.05, 3.63) is 81.0 Å². The van der Waals surface area contributed by atoms with Crippen molar-refractivity contribution in [3.63, 3.8) is 0 Å². The van der Waals surface area contributed by atoms with Gasteiger partial charge < -0.3 is 19.8 Å². The molecular formula is C25H24N4O4S. The second-order valence-electron chi connectivity index (χ2n) is 7.37. The average Bonchev–Trinajstić information content (AvgIpc) is 3.35. The maximum absolute atomic E-state index is 12.7. The van der Waals surface area contributed by atoms with Crippen LogP contribution in [0.4, 0.5) is 5.88 Å². The van der Waals surface area contributed by atoms with Crippen molar-refractivity contribution in [2.75, 3.05) is 38.3 Å². The molecule has 0 unspecified atom stereocenters. The number of ether oxygens (including phenoxy) is 1. The molecule has 0 spiro atoms. The van der Waals surface area contributed by atoms with E-state index in [0.29, 0.717) is 64.9 Å². The first-order valence-electron chi connectivity index (χ1n) is 10.7. The van der Waals surface area contributed by atoms with Crippen LogP contribution < -0.4 is 16.1 Å². The van der Waals surface area contributed by atoms with E-state index in [4.69, 9.17) is 14.6 Å². The largest absolute Gasteiger partial charge is 0.439 e. The van der Waals surface area contributed by atoms with Gasteiger partial charge in [0, 0.05) is 47.4 Å². The lowest BCUT2D eigenvalue weighted by Gasteiger charge is -2.27. The summed E-state index contributed by atoms with van der Waals surface area (Å²) in [6, 6.07) is 12.1. The number of hydrogen-bond acceptors (Lipinski definition) is 9. The molecule has 1 aliphatic rings. The highest BCUT2D eigenvalue weighted by Crippen LogP contribution is 2.33. The van der Waals surface area contributed by atoms with Gasteiger partial charge >= 0.3 is 0 Å². The highest BCUT2D eigenvalue weighted by molar-refractivity contribution is 7.17. The quantitative estimate of drug-likeness (QED) is 0.333. The summed E-state index contributed by atoms with van der Waals surface area (Å²) >= 11 is 1.33. The number of aldehydes is 1. The van der Waals surface area contributed by atoms with Gasteiger partial charge in [-0.3, -0.25) is 20.0 Å². The monoisotopic (exact) mass is 476 g/mol. The summed E-state index contributed by atoms with van der Waals surface area (Å²) in [6.07, 6.45) is 2.35. The molecule has 5 rings (SSSR count). The number of hydrogen-bond donors (Lipinski definition) is 2. The van der Waals surface area contributed by atoms with Crippen LogP contribution in [-0.2, 0) is 4.74 Å². The second-order valence-corrected chi connectivity index (χ2v) is 8.25. The third kappa shape index (κ3) is 4.54. The molecule has 34 heavy (non-hydrogen) atoms. The number of nitrogens with one attached hydrogen (secondary N) is 1. The van der Waals surface area contributed by atoms with Gasteiger partial charge in [-0.15, -0.1) is 11.3 Å². The number of aromatic nitrogens is 1. The van der Waals surface area contributed by atoms with Crippen molar-refractivity contribution >= 4 is 39.5 Å². The molecule has 9 heteroatoms. The van der Waals surface area contributed by atoms with E-state index in [1.54, 1.807) is 42.6 Å². The molecule has 1 saturated heterocycles. The molecule has 0 saturated carbocycles. The van der Waals surface area contributed by atoms with E-state index < -0.39 is 0 Å². The topological polar surface area (TPSA) is 123 Å². The van der Waals surface area contributed by atoms with Gasteiger partial charge in [0.05, 0.1) is 30.2 Å². The van der Waals surface area contributed by atoms with Gasteiger partial charge in [0.1, 0.15) is 4.70 Å². The van der Waals surface area contributed by atoms with Crippen molar-refractivity contribution in [2.45, 2.75) is 0 Å². The minimum atomic E-state index is -0.0761. The molecule has 0 radical (unpaired) electrons. The lowest BCUT2D eigenvalue weighted by atomic mass is 9.99. The first-order valence-corrected chi connectivity index (χ1v) is 11.6. The van der Waals surface area contributed by atoms with Crippen LogP contribution in [0.1, 0.15) is 21.5 Å². The van der Waals surface area contributed by atoms with E-state index in [-0.39, 0.29) is 11.1 Å². The molecular weight excluding hydrogens is 452 g/mol. The molecule has 1 aromatic carbocycles. The first kappa shape index (κ1) is 23.5. The predicted octanol–water partition coefficient (Wildman–Crippen LogP) is 3.56. The number of thiophene rings is 1. The number of rotatable bonds is 5. The summed E-state index contributed by atoms with van der Waals surface area (Å²) in [4.78, 5) is 30.5. The summed E-state index contributed by atoms with van der Waals surface area (Å²) in [5.41, 5.74) is 8.17. The van der Waals surface area contributed by atoms with Crippen LogP contribution in [0.2, 0.25) is 0 Å². The molecule has 3 aromatic heterocycles. The molecule has 8 nitrogen and oxygen atoms in total. The number of pyridine rings is 1. The molecule has 3 N–H and O–H groups in total. The number of benzene rings is 1. The minimum Gasteiger partial charge on any atom is -0.439 e. The molecule has 4 aromatic rings. The Labute approximate surface area is 200 Å². The molecule has 0 aliphatic carbocycles. The van der Waals surface area contributed by atoms with E-state index in [9.17, 15) is 9.59 Å². The van der Waals surface area contributed by atoms with Crippen molar-refractivity contribution < 1.29 is 13.9 Å². The zero-order chi connectivity index (χ0) is 24.1. The normalized spacial score (nSPS) is 13.3. The Morgan fingerprint density at radius 1 is 1.18 bits per heavy atom. The molecule has 4 heterocycles. The standard InChI is InChI=1S/C24H19N3O4S.CH5N/c25-22(17-4-2-1-3-16(17)13-28)15-5-6-19(26-12-15)18-14-32-24-20(29)11-21(31-23(18)24)27-7-9-30-10-8-27;1-2/h1-6,11-14,25H,7-10H2;2H2,1H3. The van der Waals surface area contributed by atoms with Gasteiger partial charge in [-0.25, -0.2) is 0 Å². The second kappa shape index (κ2) is 10.5. The molecule has 0 amide bonds. The SMILES string of the molecule is CN.N=C(c1ccc(-c2csc3c(=O)cc(N4CCOCC4)oc23)nc1)c1ccccc1C=O. The van der Waals surface area contributed by atoms with E-state index in [2.05, 4.69) is 10.7 Å². The van der Waals surface area contributed by atoms with Crippen LogP contribution in [0.15, 0.2) is 63.3 Å². The summed E-state index contributed by atoms with van der Waals surface area (Å²) in [6.45, 7) is 2.54. The maximum atomic E-state index is 12.7. The van der Waals surface area contributed by atoms with Gasteiger partial charge in [0.25, 0.3) is 0 Å². The van der Waals surface area contributed by atoms with Crippen LogP contribution in [-0.4, -0.2) is 50.3 Å². The summed E-state index contributed by atoms with van der Waals surface area (Å²) in [5, 5.41) is 10.4. The van der Waals surface area contributed by atoms with E-state index >= 15 is 0 Å². The Morgan fingerprint density at radius 3 is 2.65 bits per heavy atom. The highest BCUT2D eigenvalue weighted by Gasteiger charge is 2.19. The number of nitrogens with zero attached hydrogens (tertiary/aromatic N) is 2. The fourth-order valence-electron chi connectivity index (χ4n) is 3.73. The fourth-order valence-corrected chi connectivity index (χ4v) is 4.63. The molecule has 174 valence electrons. The smallest absolute Gasteiger partial charge is 0.204 e. The Hall–Kier alpha value is -3.66. The maximum Gasteiger partial charge on any atom is 0.204 e. The lowest BCUT2D eigenvalue weighted by Crippen LogP contribution is -2.36. The third-order valence-corrected chi connectivity index (χ3v) is 6.41. The Morgan fingerprint density at radius 2 is 1.94 bits per heavy atom. The third-order valence-electron chi connectivity index (χ3n) is 5.44. The summed E-state index contributed by atoms with van der Waals surface area (Å²) in [7, 11) is 1.50. The number of carbonyl (C=O) groups excluding carboxylic acids is 1. The molecule has 1 aliphatic heterocycles. The highest BCUT2D eigenvalue weighted by atomic mass is 32.1. The van der Waals surface area contributed by atoms with Gasteiger partial charge in [-0.1, -0.05) is 24.3 Å². The van der Waals surface area contributed by atoms with Crippen LogP contribution in [0.3, 0.4) is 0 Å².